The Morgan fingerprint density at radius 1 is 0.630 bits per heavy atom. The molecule has 0 saturated carbocycles. The van der Waals surface area contributed by atoms with Crippen LogP contribution in [0, 0.1) is 0 Å². The number of ether oxygens (including phenoxy) is 1. The SMILES string of the molecule is C[Si](C)(C)CCOC[PH](c1ccccc1)(c1ccccc1)c1ccccc1. The van der Waals surface area contributed by atoms with E-state index in [0.29, 0.717) is 0 Å². The van der Waals surface area contributed by atoms with Gasteiger partial charge in [0.1, 0.15) is 0 Å². The van der Waals surface area contributed by atoms with E-state index in [2.05, 4.69) is 111 Å². The second kappa shape index (κ2) is 8.97. The fraction of sp³-hybridized carbons (Fsp3) is 0.250. The minimum absolute atomic E-state index is 0.787. The van der Waals surface area contributed by atoms with Crippen molar-refractivity contribution in [3.05, 3.63) is 91.0 Å². The van der Waals surface area contributed by atoms with Gasteiger partial charge in [-0.05, 0) is 0 Å². The second-order valence-electron chi connectivity index (χ2n) is 8.37. The van der Waals surface area contributed by atoms with E-state index in [9.17, 15) is 0 Å². The first-order valence-corrected chi connectivity index (χ1v) is 15.7. The first kappa shape index (κ1) is 20.0. The summed E-state index contributed by atoms with van der Waals surface area (Å²) in [5.74, 6) is 0. The van der Waals surface area contributed by atoms with Gasteiger partial charge in [0.15, 0.2) is 0 Å². The number of hydrogen-bond acceptors (Lipinski definition) is 1. The van der Waals surface area contributed by atoms with Gasteiger partial charge in [-0.2, -0.15) is 0 Å². The normalized spacial score (nSPS) is 12.7. The van der Waals surface area contributed by atoms with Gasteiger partial charge in [0.2, 0.25) is 0 Å². The molecule has 0 N–H and O–H groups in total. The van der Waals surface area contributed by atoms with Crippen LogP contribution in [-0.4, -0.2) is 21.0 Å². The zero-order chi connectivity index (χ0) is 19.2. The molecule has 1 nitrogen and oxygen atoms in total. The molecule has 0 aliphatic carbocycles. The molecule has 142 valence electrons. The molecular weight excluding hydrogens is 363 g/mol. The fourth-order valence-electron chi connectivity index (χ4n) is 3.52. The molecule has 3 aromatic carbocycles. The first-order chi connectivity index (χ1) is 13.0. The van der Waals surface area contributed by atoms with Gasteiger partial charge in [-0.3, -0.25) is 0 Å². The molecule has 0 aliphatic heterocycles. The third-order valence-corrected chi connectivity index (χ3v) is 11.4. The Morgan fingerprint density at radius 2 is 1.00 bits per heavy atom. The van der Waals surface area contributed by atoms with Crippen LogP contribution in [-0.2, 0) is 4.74 Å². The Hall–Kier alpha value is -1.73. The Labute approximate surface area is 165 Å². The van der Waals surface area contributed by atoms with Crippen LogP contribution in [0.15, 0.2) is 91.0 Å². The molecule has 0 aliphatic rings. The molecule has 3 rings (SSSR count). The van der Waals surface area contributed by atoms with Crippen molar-refractivity contribution in [1.82, 2.24) is 0 Å². The van der Waals surface area contributed by atoms with Gasteiger partial charge in [0, 0.05) is 0 Å². The summed E-state index contributed by atoms with van der Waals surface area (Å²) in [5, 5.41) is 4.24. The Balaban J connectivity index is 2.06. The standard InChI is InChI=1S/C24H31OPSi/c1-27(2,3)20-19-25-21-26(22-13-7-4-8-14-22,23-15-9-5-10-16-23)24-17-11-6-12-18-24/h4-18,26H,19-21H2,1-3H3. The van der Waals surface area contributed by atoms with Crippen LogP contribution >= 0.6 is 7.26 Å². The summed E-state index contributed by atoms with van der Waals surface area (Å²) in [6.45, 7) is 8.09. The van der Waals surface area contributed by atoms with Crippen molar-refractivity contribution in [3.8, 4) is 0 Å². The van der Waals surface area contributed by atoms with E-state index in [1.807, 2.05) is 0 Å². The molecule has 0 radical (unpaired) electrons. The fourth-order valence-corrected chi connectivity index (χ4v) is 8.51. The molecule has 0 saturated heterocycles. The van der Waals surface area contributed by atoms with Gasteiger partial charge in [0.05, 0.1) is 0 Å². The van der Waals surface area contributed by atoms with Gasteiger partial charge in [-0.25, -0.2) is 0 Å². The van der Waals surface area contributed by atoms with Crippen molar-refractivity contribution in [1.29, 1.82) is 0 Å². The molecular formula is C24H31OPSi. The van der Waals surface area contributed by atoms with Crippen LogP contribution < -0.4 is 15.9 Å². The van der Waals surface area contributed by atoms with E-state index in [1.165, 1.54) is 22.0 Å². The molecule has 0 unspecified atom stereocenters. The quantitative estimate of drug-likeness (QED) is 0.296. The van der Waals surface area contributed by atoms with Gasteiger partial charge in [0.25, 0.3) is 0 Å². The second-order valence-corrected chi connectivity index (χ2v) is 17.8. The first-order valence-electron chi connectivity index (χ1n) is 9.77. The van der Waals surface area contributed by atoms with Crippen molar-refractivity contribution in [2.24, 2.45) is 0 Å². The summed E-state index contributed by atoms with van der Waals surface area (Å²) in [6, 6.07) is 34.2. The number of hydrogen-bond donors (Lipinski definition) is 0. The summed E-state index contributed by atoms with van der Waals surface area (Å²) in [5.41, 5.74) is 0. The Bertz CT molecular complexity index is 717. The van der Waals surface area contributed by atoms with Crippen molar-refractivity contribution >= 4 is 31.2 Å². The zero-order valence-corrected chi connectivity index (χ0v) is 18.7. The summed E-state index contributed by atoms with van der Waals surface area (Å²) in [6.07, 6.45) is 0.787. The maximum absolute atomic E-state index is 6.43. The molecule has 3 heteroatoms. The van der Waals surface area contributed by atoms with E-state index in [1.54, 1.807) is 0 Å². The molecule has 0 aromatic heterocycles. The molecule has 0 atom stereocenters. The summed E-state index contributed by atoms with van der Waals surface area (Å²) in [7, 11) is -3.33. The van der Waals surface area contributed by atoms with E-state index >= 15 is 0 Å². The van der Waals surface area contributed by atoms with Crippen molar-refractivity contribution in [2.75, 3.05) is 13.0 Å². The predicted octanol–water partition coefficient (Wildman–Crippen LogP) is 5.03. The molecule has 27 heavy (non-hydrogen) atoms. The molecule has 0 fully saturated rings. The summed E-state index contributed by atoms with van der Waals surface area (Å²) < 4.78 is 6.43. The molecule has 0 heterocycles. The molecule has 0 amide bonds. The Kier molecular flexibility index (Phi) is 6.65. The minimum atomic E-state index is -2.23. The average molecular weight is 395 g/mol. The van der Waals surface area contributed by atoms with Crippen LogP contribution in [0.4, 0.5) is 0 Å². The van der Waals surface area contributed by atoms with Gasteiger partial charge < -0.3 is 0 Å². The van der Waals surface area contributed by atoms with E-state index in [0.717, 1.165) is 13.0 Å². The van der Waals surface area contributed by atoms with Gasteiger partial charge in [-0.1, -0.05) is 0 Å². The molecule has 0 bridgehead atoms. The third-order valence-electron chi connectivity index (χ3n) is 5.11. The number of rotatable bonds is 8. The summed E-state index contributed by atoms with van der Waals surface area (Å²) >= 11 is 0. The monoisotopic (exact) mass is 394 g/mol. The zero-order valence-electron chi connectivity index (χ0n) is 16.7. The van der Waals surface area contributed by atoms with Crippen molar-refractivity contribution < 1.29 is 4.74 Å². The van der Waals surface area contributed by atoms with Crippen LogP contribution in [0.1, 0.15) is 0 Å². The number of benzene rings is 3. The Morgan fingerprint density at radius 3 is 1.33 bits per heavy atom. The van der Waals surface area contributed by atoms with Crippen molar-refractivity contribution in [2.45, 2.75) is 25.7 Å². The van der Waals surface area contributed by atoms with Crippen LogP contribution in [0.5, 0.6) is 0 Å². The van der Waals surface area contributed by atoms with Gasteiger partial charge in [-0.15, -0.1) is 0 Å². The predicted molar refractivity (Wildman–Crippen MR) is 126 cm³/mol. The molecule has 3 aromatic rings. The van der Waals surface area contributed by atoms with Crippen LogP contribution in [0.25, 0.3) is 0 Å². The van der Waals surface area contributed by atoms with E-state index in [-0.39, 0.29) is 0 Å². The van der Waals surface area contributed by atoms with Gasteiger partial charge >= 0.3 is 166 Å². The van der Waals surface area contributed by atoms with Crippen LogP contribution in [0.3, 0.4) is 0 Å². The third kappa shape index (κ3) is 4.96. The molecule has 0 spiro atoms. The average Bonchev–Trinajstić information content (AvgIpc) is 2.70. The summed E-state index contributed by atoms with van der Waals surface area (Å²) in [4.78, 5) is 0. The van der Waals surface area contributed by atoms with Crippen LogP contribution in [0.2, 0.25) is 25.7 Å². The topological polar surface area (TPSA) is 9.23 Å². The van der Waals surface area contributed by atoms with Crippen molar-refractivity contribution in [3.63, 3.8) is 0 Å². The van der Waals surface area contributed by atoms with E-state index < -0.39 is 15.3 Å². The maximum atomic E-state index is 6.43. The van der Waals surface area contributed by atoms with E-state index in [4.69, 9.17) is 4.74 Å².